The molecule has 6 nitrogen and oxygen atoms in total. The Hall–Kier alpha value is -2.34. The average Bonchev–Trinajstić information content (AvgIpc) is 3.03. The molecule has 1 aliphatic rings. The SMILES string of the molecule is COCCn1cc(C(=O)N2CCC(CNC(C)=O)CC2)c2ccccc21. The molecule has 1 aromatic heterocycles. The summed E-state index contributed by atoms with van der Waals surface area (Å²) in [7, 11) is 1.68. The van der Waals surface area contributed by atoms with Gasteiger partial charge < -0.3 is 19.5 Å². The van der Waals surface area contributed by atoms with Crippen LogP contribution in [0.15, 0.2) is 30.5 Å². The molecule has 0 radical (unpaired) electrons. The molecule has 0 atom stereocenters. The Bertz CT molecular complexity index is 776. The average molecular weight is 357 g/mol. The number of nitrogens with zero attached hydrogens (tertiary/aromatic N) is 2. The summed E-state index contributed by atoms with van der Waals surface area (Å²) < 4.78 is 7.28. The van der Waals surface area contributed by atoms with Crippen molar-refractivity contribution in [3.8, 4) is 0 Å². The summed E-state index contributed by atoms with van der Waals surface area (Å²) in [5, 5.41) is 3.87. The van der Waals surface area contributed by atoms with E-state index in [9.17, 15) is 9.59 Å². The molecule has 140 valence electrons. The molecule has 1 aliphatic heterocycles. The molecule has 6 heteroatoms. The van der Waals surface area contributed by atoms with Gasteiger partial charge in [-0.3, -0.25) is 9.59 Å². The van der Waals surface area contributed by atoms with Crippen LogP contribution < -0.4 is 5.32 Å². The van der Waals surface area contributed by atoms with Gasteiger partial charge in [0, 0.05) is 57.3 Å². The standard InChI is InChI=1S/C20H27N3O3/c1-15(24)21-13-16-7-9-22(10-8-16)20(25)18-14-23(11-12-26-2)19-6-4-3-5-17(18)19/h3-6,14,16H,7-13H2,1-2H3,(H,21,24). The van der Waals surface area contributed by atoms with E-state index < -0.39 is 0 Å². The summed E-state index contributed by atoms with van der Waals surface area (Å²) in [5.74, 6) is 0.550. The number of nitrogens with one attached hydrogen (secondary N) is 1. The summed E-state index contributed by atoms with van der Waals surface area (Å²) in [5.41, 5.74) is 1.82. The molecule has 1 fully saturated rings. The highest BCUT2D eigenvalue weighted by atomic mass is 16.5. The number of piperidine rings is 1. The molecule has 2 heterocycles. The molecule has 0 unspecified atom stereocenters. The van der Waals surface area contributed by atoms with Crippen LogP contribution >= 0.6 is 0 Å². The Morgan fingerprint density at radius 2 is 1.96 bits per heavy atom. The number of para-hydroxylation sites is 1. The summed E-state index contributed by atoms with van der Waals surface area (Å²) in [4.78, 5) is 26.1. The predicted octanol–water partition coefficient (Wildman–Crippen LogP) is 2.28. The molecule has 2 amide bonds. The Kier molecular flexibility index (Phi) is 5.93. The minimum atomic E-state index is 0.00683. The number of carbonyl (C=O) groups excluding carboxylic acids is 2. The quantitative estimate of drug-likeness (QED) is 0.863. The number of rotatable bonds is 6. The highest BCUT2D eigenvalue weighted by Gasteiger charge is 2.25. The van der Waals surface area contributed by atoms with E-state index in [0.29, 0.717) is 19.1 Å². The van der Waals surface area contributed by atoms with Crippen molar-refractivity contribution in [3.63, 3.8) is 0 Å². The van der Waals surface area contributed by atoms with Crippen LogP contribution in [0.3, 0.4) is 0 Å². The number of fused-ring (bicyclic) bond motifs is 1. The van der Waals surface area contributed by atoms with Crippen LogP contribution in [-0.2, 0) is 16.1 Å². The second kappa shape index (κ2) is 8.36. The third-order valence-corrected chi connectivity index (χ3v) is 5.10. The van der Waals surface area contributed by atoms with Crippen LogP contribution in [0.4, 0.5) is 0 Å². The van der Waals surface area contributed by atoms with E-state index in [1.165, 1.54) is 6.92 Å². The zero-order valence-electron chi connectivity index (χ0n) is 15.5. The molecule has 26 heavy (non-hydrogen) atoms. The lowest BCUT2D eigenvalue weighted by atomic mass is 9.96. The summed E-state index contributed by atoms with van der Waals surface area (Å²) in [6.45, 7) is 5.05. The molecule has 0 spiro atoms. The monoisotopic (exact) mass is 357 g/mol. The van der Waals surface area contributed by atoms with Gasteiger partial charge in [-0.2, -0.15) is 0 Å². The molecule has 0 aliphatic carbocycles. The highest BCUT2D eigenvalue weighted by Crippen LogP contribution is 2.25. The van der Waals surface area contributed by atoms with E-state index in [1.807, 2.05) is 35.4 Å². The number of benzene rings is 1. The minimum Gasteiger partial charge on any atom is -0.383 e. The van der Waals surface area contributed by atoms with Crippen LogP contribution in [0.2, 0.25) is 0 Å². The normalized spacial score (nSPS) is 15.4. The summed E-state index contributed by atoms with van der Waals surface area (Å²) in [6, 6.07) is 8.02. The number of ether oxygens (including phenoxy) is 1. The summed E-state index contributed by atoms with van der Waals surface area (Å²) in [6.07, 6.45) is 3.80. The first-order valence-electron chi connectivity index (χ1n) is 9.20. The van der Waals surface area contributed by atoms with E-state index in [0.717, 1.165) is 48.9 Å². The van der Waals surface area contributed by atoms with Gasteiger partial charge in [0.2, 0.25) is 5.91 Å². The van der Waals surface area contributed by atoms with Gasteiger partial charge in [-0.15, -0.1) is 0 Å². The van der Waals surface area contributed by atoms with Crippen LogP contribution in [0, 0.1) is 5.92 Å². The van der Waals surface area contributed by atoms with Gasteiger partial charge in [0.1, 0.15) is 0 Å². The topological polar surface area (TPSA) is 63.6 Å². The largest absolute Gasteiger partial charge is 0.383 e. The molecular formula is C20H27N3O3. The maximum Gasteiger partial charge on any atom is 0.256 e. The van der Waals surface area contributed by atoms with Crippen molar-refractivity contribution in [1.82, 2.24) is 14.8 Å². The molecular weight excluding hydrogens is 330 g/mol. The van der Waals surface area contributed by atoms with E-state index >= 15 is 0 Å². The fraction of sp³-hybridized carbons (Fsp3) is 0.500. The fourth-order valence-electron chi connectivity index (χ4n) is 3.59. The van der Waals surface area contributed by atoms with E-state index in [1.54, 1.807) is 7.11 Å². The molecule has 0 bridgehead atoms. The van der Waals surface area contributed by atoms with Gasteiger partial charge in [0.15, 0.2) is 0 Å². The molecule has 0 saturated carbocycles. The van der Waals surface area contributed by atoms with E-state index in [2.05, 4.69) is 9.88 Å². The number of carbonyl (C=O) groups is 2. The Morgan fingerprint density at radius 3 is 2.65 bits per heavy atom. The van der Waals surface area contributed by atoms with E-state index in [4.69, 9.17) is 4.74 Å². The van der Waals surface area contributed by atoms with Gasteiger partial charge in [0.05, 0.1) is 12.2 Å². The smallest absolute Gasteiger partial charge is 0.256 e. The number of hydrogen-bond acceptors (Lipinski definition) is 3. The van der Waals surface area contributed by atoms with Crippen molar-refractivity contribution in [2.24, 2.45) is 5.92 Å². The van der Waals surface area contributed by atoms with Crippen LogP contribution in [0.1, 0.15) is 30.1 Å². The third kappa shape index (κ3) is 4.07. The van der Waals surface area contributed by atoms with Gasteiger partial charge in [-0.05, 0) is 24.8 Å². The number of amides is 2. The molecule has 1 aromatic carbocycles. The number of methoxy groups -OCH3 is 1. The van der Waals surface area contributed by atoms with Crippen molar-refractivity contribution in [3.05, 3.63) is 36.0 Å². The maximum atomic E-state index is 13.1. The second-order valence-corrected chi connectivity index (χ2v) is 6.92. The van der Waals surface area contributed by atoms with Crippen molar-refractivity contribution in [2.75, 3.05) is 33.4 Å². The van der Waals surface area contributed by atoms with Gasteiger partial charge in [-0.25, -0.2) is 0 Å². The number of hydrogen-bond donors (Lipinski definition) is 1. The molecule has 1 N–H and O–H groups in total. The Morgan fingerprint density at radius 1 is 1.23 bits per heavy atom. The number of likely N-dealkylation sites (tertiary alicyclic amines) is 1. The lowest BCUT2D eigenvalue weighted by Gasteiger charge is -2.32. The second-order valence-electron chi connectivity index (χ2n) is 6.92. The zero-order chi connectivity index (χ0) is 18.5. The van der Waals surface area contributed by atoms with Crippen molar-refractivity contribution in [1.29, 1.82) is 0 Å². The predicted molar refractivity (Wildman–Crippen MR) is 101 cm³/mol. The zero-order valence-corrected chi connectivity index (χ0v) is 15.5. The molecule has 2 aromatic rings. The maximum absolute atomic E-state index is 13.1. The van der Waals surface area contributed by atoms with Crippen LogP contribution in [0.5, 0.6) is 0 Å². The van der Waals surface area contributed by atoms with Crippen LogP contribution in [0.25, 0.3) is 10.9 Å². The summed E-state index contributed by atoms with van der Waals surface area (Å²) >= 11 is 0. The van der Waals surface area contributed by atoms with E-state index in [-0.39, 0.29) is 11.8 Å². The Labute approximate surface area is 154 Å². The first-order valence-corrected chi connectivity index (χ1v) is 9.20. The first kappa shape index (κ1) is 18.5. The lowest BCUT2D eigenvalue weighted by Crippen LogP contribution is -2.41. The van der Waals surface area contributed by atoms with Crippen molar-refractivity contribution < 1.29 is 14.3 Å². The Balaban J connectivity index is 1.71. The fourth-order valence-corrected chi connectivity index (χ4v) is 3.59. The van der Waals surface area contributed by atoms with Crippen molar-refractivity contribution >= 4 is 22.7 Å². The molecule has 1 saturated heterocycles. The highest BCUT2D eigenvalue weighted by molar-refractivity contribution is 6.07. The van der Waals surface area contributed by atoms with Gasteiger partial charge in [0.25, 0.3) is 5.91 Å². The first-order chi connectivity index (χ1) is 12.6. The van der Waals surface area contributed by atoms with Gasteiger partial charge >= 0.3 is 0 Å². The lowest BCUT2D eigenvalue weighted by molar-refractivity contribution is -0.119. The van der Waals surface area contributed by atoms with Crippen LogP contribution in [-0.4, -0.2) is 54.6 Å². The minimum absolute atomic E-state index is 0.00683. The third-order valence-electron chi connectivity index (χ3n) is 5.10. The number of aromatic nitrogens is 1. The van der Waals surface area contributed by atoms with Crippen molar-refractivity contribution in [2.45, 2.75) is 26.3 Å². The van der Waals surface area contributed by atoms with Gasteiger partial charge in [-0.1, -0.05) is 18.2 Å². The molecule has 3 rings (SSSR count).